The highest BCUT2D eigenvalue weighted by Crippen LogP contribution is 2.52. The van der Waals surface area contributed by atoms with Gasteiger partial charge in [-0.15, -0.1) is 11.3 Å². The fourth-order valence-electron chi connectivity index (χ4n) is 7.54. The first-order valence-electron chi connectivity index (χ1n) is 16.4. The van der Waals surface area contributed by atoms with Gasteiger partial charge in [-0.1, -0.05) is 98.8 Å². The van der Waals surface area contributed by atoms with E-state index in [0.717, 1.165) is 60.8 Å². The van der Waals surface area contributed by atoms with E-state index in [1.807, 2.05) is 41.9 Å². The number of nitrogens with zero attached hydrogens (tertiary/aromatic N) is 4. The van der Waals surface area contributed by atoms with Crippen LogP contribution in [0.5, 0.6) is 0 Å². The molecule has 3 aromatic heterocycles. The van der Waals surface area contributed by atoms with Crippen LogP contribution >= 0.6 is 11.3 Å². The Hall–Kier alpha value is -5.98. The zero-order valence-corrected chi connectivity index (χ0v) is 27.6. The molecule has 0 N–H and O–H groups in total. The van der Waals surface area contributed by atoms with Crippen molar-refractivity contribution in [2.75, 3.05) is 0 Å². The number of para-hydroxylation sites is 1. The van der Waals surface area contributed by atoms with Gasteiger partial charge in [-0.05, 0) is 75.3 Å². The third-order valence-electron chi connectivity index (χ3n) is 10.00. The van der Waals surface area contributed by atoms with Gasteiger partial charge >= 0.3 is 0 Å². The standard InChI is InChI=1S/C43H28N4OS/c1-43(2)34-20-27(15-16-31(34)33-21-36-38(22-35(33)43)49-24-46-36)30-18-17-29(39-32-13-6-7-14-37(32)48-40(30)39)26-11-8-12-28(19-26)42-45-23-44-41(47-42)25-9-4-3-5-10-25/h3-24H,1-2H3. The molecule has 5 nitrogen and oxygen atoms in total. The first-order valence-corrected chi connectivity index (χ1v) is 17.2. The van der Waals surface area contributed by atoms with Crippen LogP contribution < -0.4 is 0 Å². The van der Waals surface area contributed by atoms with E-state index < -0.39 is 0 Å². The fourth-order valence-corrected chi connectivity index (χ4v) is 8.23. The van der Waals surface area contributed by atoms with Gasteiger partial charge in [-0.3, -0.25) is 0 Å². The molecule has 3 heterocycles. The van der Waals surface area contributed by atoms with Crippen molar-refractivity contribution in [2.24, 2.45) is 0 Å². The van der Waals surface area contributed by atoms with E-state index in [0.29, 0.717) is 11.6 Å². The van der Waals surface area contributed by atoms with Crippen LogP contribution in [-0.2, 0) is 5.41 Å². The lowest BCUT2D eigenvalue weighted by molar-refractivity contribution is 0.661. The highest BCUT2D eigenvalue weighted by molar-refractivity contribution is 7.16. The van der Waals surface area contributed by atoms with Crippen molar-refractivity contribution >= 4 is 43.5 Å². The maximum Gasteiger partial charge on any atom is 0.163 e. The highest BCUT2D eigenvalue weighted by Gasteiger charge is 2.36. The first-order chi connectivity index (χ1) is 24.0. The number of hydrogen-bond acceptors (Lipinski definition) is 6. The molecule has 0 spiro atoms. The predicted octanol–water partition coefficient (Wildman–Crippen LogP) is 11.4. The van der Waals surface area contributed by atoms with Gasteiger partial charge < -0.3 is 4.42 Å². The summed E-state index contributed by atoms with van der Waals surface area (Å²) in [7, 11) is 0. The number of fused-ring (bicyclic) bond motifs is 7. The van der Waals surface area contributed by atoms with Crippen LogP contribution in [0.2, 0.25) is 0 Å². The Balaban J connectivity index is 1.12. The summed E-state index contributed by atoms with van der Waals surface area (Å²) in [6.07, 6.45) is 1.59. The molecule has 232 valence electrons. The first kappa shape index (κ1) is 28.1. The molecule has 0 fully saturated rings. The topological polar surface area (TPSA) is 64.7 Å². The summed E-state index contributed by atoms with van der Waals surface area (Å²) in [5.74, 6) is 1.29. The maximum atomic E-state index is 6.71. The molecule has 0 amide bonds. The largest absolute Gasteiger partial charge is 0.455 e. The van der Waals surface area contributed by atoms with E-state index in [2.05, 4.69) is 114 Å². The molecular weight excluding hydrogens is 621 g/mol. The minimum Gasteiger partial charge on any atom is -0.455 e. The quantitative estimate of drug-likeness (QED) is 0.190. The number of aromatic nitrogens is 4. The molecule has 0 aliphatic heterocycles. The Labute approximate surface area is 286 Å². The molecule has 49 heavy (non-hydrogen) atoms. The maximum absolute atomic E-state index is 6.71. The summed E-state index contributed by atoms with van der Waals surface area (Å²) < 4.78 is 7.95. The van der Waals surface area contributed by atoms with Crippen LogP contribution in [0.15, 0.2) is 138 Å². The second-order valence-corrected chi connectivity index (χ2v) is 14.0. The average Bonchev–Trinajstić information content (AvgIpc) is 3.84. The fraction of sp³-hybridized carbons (Fsp3) is 0.0698. The minimum absolute atomic E-state index is 0.137. The molecule has 1 aliphatic rings. The molecule has 0 unspecified atom stereocenters. The number of hydrogen-bond donors (Lipinski definition) is 0. The van der Waals surface area contributed by atoms with Crippen LogP contribution in [0, 0.1) is 0 Å². The number of benzene rings is 6. The third kappa shape index (κ3) is 4.31. The summed E-state index contributed by atoms with van der Waals surface area (Å²) in [5.41, 5.74) is 16.1. The van der Waals surface area contributed by atoms with Gasteiger partial charge in [0, 0.05) is 32.9 Å². The highest BCUT2D eigenvalue weighted by atomic mass is 32.1. The molecular formula is C43H28N4OS. The van der Waals surface area contributed by atoms with Crippen LogP contribution in [0.25, 0.3) is 88.3 Å². The van der Waals surface area contributed by atoms with E-state index in [1.165, 1.54) is 27.0 Å². The molecule has 1 aliphatic carbocycles. The minimum atomic E-state index is -0.137. The summed E-state index contributed by atoms with van der Waals surface area (Å²) >= 11 is 1.70. The smallest absolute Gasteiger partial charge is 0.163 e. The Kier molecular flexibility index (Phi) is 6.02. The molecule has 6 aromatic carbocycles. The zero-order chi connectivity index (χ0) is 32.7. The second kappa shape index (κ2) is 10.5. The summed E-state index contributed by atoms with van der Waals surface area (Å²) in [5, 5.41) is 2.19. The predicted molar refractivity (Wildman–Crippen MR) is 200 cm³/mol. The Morgan fingerprint density at radius 2 is 1.29 bits per heavy atom. The summed E-state index contributed by atoms with van der Waals surface area (Å²) in [6.45, 7) is 4.66. The van der Waals surface area contributed by atoms with Crippen LogP contribution in [0.4, 0.5) is 0 Å². The van der Waals surface area contributed by atoms with Gasteiger partial charge in [0.1, 0.15) is 17.5 Å². The van der Waals surface area contributed by atoms with Gasteiger partial charge in [-0.25, -0.2) is 19.9 Å². The number of rotatable bonds is 4. The number of thiazole rings is 1. The van der Waals surface area contributed by atoms with Crippen LogP contribution in [-0.4, -0.2) is 19.9 Å². The lowest BCUT2D eigenvalue weighted by Crippen LogP contribution is -2.15. The van der Waals surface area contributed by atoms with Gasteiger partial charge in [0.25, 0.3) is 0 Å². The average molecular weight is 649 g/mol. The molecule has 0 saturated carbocycles. The molecule has 10 rings (SSSR count). The zero-order valence-electron chi connectivity index (χ0n) is 26.8. The molecule has 0 bridgehead atoms. The number of furan rings is 1. The van der Waals surface area contributed by atoms with Gasteiger partial charge in [0.2, 0.25) is 0 Å². The second-order valence-electron chi connectivity index (χ2n) is 13.1. The van der Waals surface area contributed by atoms with Crippen molar-refractivity contribution in [3.63, 3.8) is 0 Å². The Morgan fingerprint density at radius 1 is 0.571 bits per heavy atom. The Bertz CT molecular complexity index is 2760. The SMILES string of the molecule is CC1(C)c2cc(-c3ccc(-c4cccc(-c5ncnc(-c6ccccc6)n5)c4)c4c3oc3ccccc34)ccc2-c2cc3ncsc3cc21. The Morgan fingerprint density at radius 3 is 2.18 bits per heavy atom. The van der Waals surface area contributed by atoms with Gasteiger partial charge in [0.15, 0.2) is 11.6 Å². The van der Waals surface area contributed by atoms with Crippen molar-refractivity contribution in [3.8, 4) is 56.2 Å². The molecule has 6 heteroatoms. The van der Waals surface area contributed by atoms with E-state index in [-0.39, 0.29) is 5.41 Å². The molecule has 0 saturated heterocycles. The van der Waals surface area contributed by atoms with Crippen molar-refractivity contribution in [3.05, 3.63) is 144 Å². The lowest BCUT2D eigenvalue weighted by Gasteiger charge is -2.22. The monoisotopic (exact) mass is 648 g/mol. The summed E-state index contributed by atoms with van der Waals surface area (Å²) in [6, 6.07) is 42.7. The lowest BCUT2D eigenvalue weighted by atomic mass is 9.81. The third-order valence-corrected chi connectivity index (χ3v) is 10.8. The van der Waals surface area contributed by atoms with Crippen LogP contribution in [0.3, 0.4) is 0 Å². The van der Waals surface area contributed by atoms with Gasteiger partial charge in [0.05, 0.1) is 15.7 Å². The molecule has 0 atom stereocenters. The van der Waals surface area contributed by atoms with Crippen molar-refractivity contribution in [1.82, 2.24) is 19.9 Å². The molecule has 0 radical (unpaired) electrons. The van der Waals surface area contributed by atoms with E-state index in [9.17, 15) is 0 Å². The van der Waals surface area contributed by atoms with Gasteiger partial charge in [-0.2, -0.15) is 0 Å². The van der Waals surface area contributed by atoms with Crippen LogP contribution in [0.1, 0.15) is 25.0 Å². The normalized spacial score (nSPS) is 13.3. The molecule has 9 aromatic rings. The summed E-state index contributed by atoms with van der Waals surface area (Å²) in [4.78, 5) is 18.4. The van der Waals surface area contributed by atoms with Crippen molar-refractivity contribution in [2.45, 2.75) is 19.3 Å². The van der Waals surface area contributed by atoms with E-state index in [1.54, 1.807) is 17.7 Å². The van der Waals surface area contributed by atoms with Crippen molar-refractivity contribution < 1.29 is 4.42 Å². The van der Waals surface area contributed by atoms with Crippen molar-refractivity contribution in [1.29, 1.82) is 0 Å². The van der Waals surface area contributed by atoms with E-state index in [4.69, 9.17) is 9.40 Å². The van der Waals surface area contributed by atoms with E-state index >= 15 is 0 Å².